The van der Waals surface area contributed by atoms with Gasteiger partial charge in [0.1, 0.15) is 18.0 Å². The van der Waals surface area contributed by atoms with E-state index in [0.717, 1.165) is 0 Å². The summed E-state index contributed by atoms with van der Waals surface area (Å²) in [5.41, 5.74) is 0.848. The molecule has 0 spiro atoms. The summed E-state index contributed by atoms with van der Waals surface area (Å²) in [6, 6.07) is -0.605. The van der Waals surface area contributed by atoms with E-state index >= 15 is 0 Å². The third kappa shape index (κ3) is 3.75. The maximum Gasteiger partial charge on any atom is 0.293 e. The van der Waals surface area contributed by atoms with Gasteiger partial charge in [0.05, 0.1) is 5.70 Å². The van der Waals surface area contributed by atoms with Crippen LogP contribution in [0.25, 0.3) is 0 Å². The molecule has 7 nitrogen and oxygen atoms in total. The minimum absolute atomic E-state index is 0.00414. The van der Waals surface area contributed by atoms with Crippen molar-refractivity contribution in [2.24, 2.45) is 0 Å². The molecular formula is C14H19N2O5PS. The fourth-order valence-corrected chi connectivity index (χ4v) is 4.87. The maximum absolute atomic E-state index is 12.7. The minimum Gasteiger partial charge on any atom is -0.463 e. The number of fused-ring (bicyclic) bond motifs is 1. The molecule has 23 heavy (non-hydrogen) atoms. The number of nitrogens with zero attached hydrogens (tertiary/aromatic N) is 1. The van der Waals surface area contributed by atoms with Gasteiger partial charge >= 0.3 is 0 Å². The van der Waals surface area contributed by atoms with E-state index in [0.29, 0.717) is 29.9 Å². The molecule has 1 N–H and O–H groups in total. The standard InChI is InChI=1S/C14H19N2O5PS/c1-14(2,3)22-13(20)10-8(4-21-7-18)5-23-12-9(15-6-17)11(19)16(10)12/h6-7,9,12,22H,4-5H2,1-3H3,(H,15,17). The number of rotatable bonds is 7. The van der Waals surface area contributed by atoms with E-state index < -0.39 is 6.04 Å². The fraction of sp³-hybridized carbons (Fsp3) is 0.571. The van der Waals surface area contributed by atoms with E-state index in [-0.39, 0.29) is 37.1 Å². The first-order chi connectivity index (χ1) is 10.8. The lowest BCUT2D eigenvalue weighted by Crippen LogP contribution is -2.69. The monoisotopic (exact) mass is 358 g/mol. The summed E-state index contributed by atoms with van der Waals surface area (Å²) in [6.07, 6.45) is 0.494. The van der Waals surface area contributed by atoms with Gasteiger partial charge in [0, 0.05) is 11.3 Å². The van der Waals surface area contributed by atoms with Crippen LogP contribution in [0.1, 0.15) is 20.8 Å². The summed E-state index contributed by atoms with van der Waals surface area (Å²) in [4.78, 5) is 47.5. The van der Waals surface area contributed by atoms with Crippen LogP contribution in [0.4, 0.5) is 0 Å². The van der Waals surface area contributed by atoms with Gasteiger partial charge in [0.15, 0.2) is 5.52 Å². The van der Waals surface area contributed by atoms with Crippen LogP contribution in [0.15, 0.2) is 11.3 Å². The summed E-state index contributed by atoms with van der Waals surface area (Å²) in [5, 5.41) is 2.00. The number of carbonyl (C=O) groups is 4. The van der Waals surface area contributed by atoms with E-state index in [9.17, 15) is 19.2 Å². The maximum atomic E-state index is 12.7. The lowest BCUT2D eigenvalue weighted by atomic mass is 10.0. The van der Waals surface area contributed by atoms with Crippen molar-refractivity contribution in [2.45, 2.75) is 37.3 Å². The second-order valence-electron chi connectivity index (χ2n) is 6.24. The van der Waals surface area contributed by atoms with Gasteiger partial charge in [-0.1, -0.05) is 20.8 Å². The number of thioether (sulfide) groups is 1. The number of β-lactam (4-membered cyclic amide) rings is 1. The highest BCUT2D eigenvalue weighted by Crippen LogP contribution is 2.44. The van der Waals surface area contributed by atoms with Crippen molar-refractivity contribution in [1.29, 1.82) is 0 Å². The Morgan fingerprint density at radius 1 is 1.48 bits per heavy atom. The predicted molar refractivity (Wildman–Crippen MR) is 88.2 cm³/mol. The topological polar surface area (TPSA) is 92.8 Å². The van der Waals surface area contributed by atoms with Crippen LogP contribution >= 0.6 is 20.3 Å². The Hall–Kier alpha value is -1.40. The molecule has 2 heterocycles. The Balaban J connectivity index is 2.30. The van der Waals surface area contributed by atoms with Crippen molar-refractivity contribution in [2.75, 3.05) is 12.4 Å². The molecule has 0 aromatic carbocycles. The van der Waals surface area contributed by atoms with Crippen molar-refractivity contribution in [3.05, 3.63) is 11.3 Å². The SMILES string of the molecule is CC(C)(C)PC(=O)C1=C(COC=O)CSC2C(NC=O)C(=O)N12. The Labute approximate surface area is 140 Å². The van der Waals surface area contributed by atoms with Gasteiger partial charge in [-0.05, 0) is 13.7 Å². The van der Waals surface area contributed by atoms with Gasteiger partial charge in [-0.25, -0.2) is 0 Å². The highest BCUT2D eigenvalue weighted by molar-refractivity contribution is 8.00. The molecular weight excluding hydrogens is 339 g/mol. The number of amides is 2. The molecule has 9 heteroatoms. The number of hydrogen-bond acceptors (Lipinski definition) is 6. The summed E-state index contributed by atoms with van der Waals surface area (Å²) >= 11 is 1.44. The first-order valence-corrected chi connectivity index (χ1v) is 9.09. The second kappa shape index (κ2) is 7.01. The quantitative estimate of drug-likeness (QED) is 0.403. The molecule has 3 atom stereocenters. The van der Waals surface area contributed by atoms with Crippen LogP contribution in [0.5, 0.6) is 0 Å². The van der Waals surface area contributed by atoms with E-state index in [4.69, 9.17) is 4.74 Å². The minimum atomic E-state index is -0.605. The Morgan fingerprint density at radius 3 is 2.74 bits per heavy atom. The first kappa shape index (κ1) is 17.9. The zero-order valence-corrected chi connectivity index (χ0v) is 14.9. The molecule has 2 aliphatic heterocycles. The van der Waals surface area contributed by atoms with Crippen LogP contribution in [0.3, 0.4) is 0 Å². The van der Waals surface area contributed by atoms with E-state index in [1.807, 2.05) is 20.8 Å². The molecule has 2 rings (SSSR count). The van der Waals surface area contributed by atoms with E-state index in [1.165, 1.54) is 16.7 Å². The molecule has 1 fully saturated rings. The third-order valence-electron chi connectivity index (χ3n) is 3.32. The van der Waals surface area contributed by atoms with Gasteiger partial charge in [-0.2, -0.15) is 0 Å². The number of carbonyl (C=O) groups excluding carboxylic acids is 4. The van der Waals surface area contributed by atoms with Gasteiger partial charge in [0.2, 0.25) is 6.41 Å². The van der Waals surface area contributed by atoms with Gasteiger partial charge < -0.3 is 10.1 Å². The molecule has 2 amide bonds. The van der Waals surface area contributed by atoms with Gasteiger partial charge in [0.25, 0.3) is 12.4 Å². The highest BCUT2D eigenvalue weighted by atomic mass is 32.2. The molecule has 126 valence electrons. The zero-order valence-electron chi connectivity index (χ0n) is 13.1. The smallest absolute Gasteiger partial charge is 0.293 e. The summed E-state index contributed by atoms with van der Waals surface area (Å²) in [5.74, 6) is 0.176. The number of nitrogens with one attached hydrogen (secondary N) is 1. The summed E-state index contributed by atoms with van der Waals surface area (Å²) in [6.45, 7) is 6.18. The average molecular weight is 358 g/mol. The second-order valence-corrected chi connectivity index (χ2v) is 9.54. The van der Waals surface area contributed by atoms with Crippen molar-refractivity contribution >= 4 is 44.7 Å². The normalized spacial score (nSPS) is 24.3. The Bertz CT molecular complexity index is 572. The van der Waals surface area contributed by atoms with E-state index in [2.05, 4.69) is 5.32 Å². The first-order valence-electron chi connectivity index (χ1n) is 7.04. The third-order valence-corrected chi connectivity index (χ3v) is 5.88. The summed E-state index contributed by atoms with van der Waals surface area (Å²) in [7, 11) is -0.00414. The van der Waals surface area contributed by atoms with Crippen molar-refractivity contribution < 1.29 is 23.9 Å². The largest absolute Gasteiger partial charge is 0.463 e. The Kier molecular flexibility index (Phi) is 5.47. The van der Waals surface area contributed by atoms with Crippen molar-refractivity contribution in [3.63, 3.8) is 0 Å². The molecule has 0 saturated carbocycles. The van der Waals surface area contributed by atoms with E-state index in [1.54, 1.807) is 0 Å². The molecule has 0 aromatic heterocycles. The lowest BCUT2D eigenvalue weighted by molar-refractivity contribution is -0.145. The summed E-state index contributed by atoms with van der Waals surface area (Å²) < 4.78 is 4.79. The van der Waals surface area contributed by atoms with Crippen molar-refractivity contribution in [1.82, 2.24) is 10.2 Å². The van der Waals surface area contributed by atoms with Crippen LogP contribution in [-0.2, 0) is 23.9 Å². The molecule has 0 aliphatic carbocycles. The highest BCUT2D eigenvalue weighted by Gasteiger charge is 2.53. The molecule has 1 saturated heterocycles. The van der Waals surface area contributed by atoms with Crippen LogP contribution in [0, 0.1) is 0 Å². The van der Waals surface area contributed by atoms with Crippen molar-refractivity contribution in [3.8, 4) is 0 Å². The Morgan fingerprint density at radius 2 is 2.17 bits per heavy atom. The van der Waals surface area contributed by atoms with Crippen LogP contribution in [0.2, 0.25) is 0 Å². The number of ether oxygens (including phenoxy) is 1. The lowest BCUT2D eigenvalue weighted by Gasteiger charge is -2.49. The number of allylic oxidation sites excluding steroid dienone is 1. The molecule has 0 aromatic rings. The number of hydrogen-bond donors (Lipinski definition) is 1. The van der Waals surface area contributed by atoms with Gasteiger partial charge in [-0.3, -0.25) is 24.1 Å². The van der Waals surface area contributed by atoms with Gasteiger partial charge in [-0.15, -0.1) is 11.8 Å². The average Bonchev–Trinajstić information content (AvgIpc) is 2.47. The fourth-order valence-electron chi connectivity index (χ4n) is 2.44. The predicted octanol–water partition coefficient (Wildman–Crippen LogP) is 0.447. The molecule has 0 radical (unpaired) electrons. The molecule has 2 aliphatic rings. The van der Waals surface area contributed by atoms with Crippen LogP contribution in [-0.4, -0.2) is 58.1 Å². The molecule has 3 unspecified atom stereocenters. The zero-order chi connectivity index (χ0) is 17.2. The van der Waals surface area contributed by atoms with Crippen LogP contribution < -0.4 is 5.32 Å². The molecule has 0 bridgehead atoms.